The first-order valence-corrected chi connectivity index (χ1v) is 10.3. The lowest BCUT2D eigenvalue weighted by Crippen LogP contribution is -2.25. The summed E-state index contributed by atoms with van der Waals surface area (Å²) in [6, 6.07) is 6.28. The Balaban J connectivity index is 1.85. The molecule has 0 atom stereocenters. The molecule has 0 radical (unpaired) electrons. The third-order valence-electron chi connectivity index (χ3n) is 4.93. The molecule has 0 spiro atoms. The largest absolute Gasteiger partial charge is 0.391 e. The second-order valence-corrected chi connectivity index (χ2v) is 7.28. The zero-order chi connectivity index (χ0) is 20.0. The number of hydrogen-bond acceptors (Lipinski definition) is 5. The van der Waals surface area contributed by atoms with Crippen molar-refractivity contribution in [3.8, 4) is 0 Å². The molecule has 28 heavy (non-hydrogen) atoms. The van der Waals surface area contributed by atoms with E-state index in [4.69, 9.17) is 4.84 Å². The second kappa shape index (κ2) is 12.9. The highest BCUT2D eigenvalue weighted by Gasteiger charge is 2.07. The molecule has 1 aliphatic rings. The van der Waals surface area contributed by atoms with Gasteiger partial charge < -0.3 is 10.2 Å². The van der Waals surface area contributed by atoms with Crippen LogP contribution in [0, 0.1) is 10.1 Å². The number of non-ortho nitro benzene ring substituents is 1. The lowest BCUT2D eigenvalue weighted by atomic mass is 10.0. The molecule has 1 aliphatic heterocycles. The van der Waals surface area contributed by atoms with Gasteiger partial charge in [-0.25, -0.2) is 0 Å². The van der Waals surface area contributed by atoms with Crippen molar-refractivity contribution in [3.63, 3.8) is 0 Å². The molecular weight excluding hydrogens is 358 g/mol. The summed E-state index contributed by atoms with van der Waals surface area (Å²) in [7, 11) is 0. The minimum absolute atomic E-state index is 0.0626. The van der Waals surface area contributed by atoms with E-state index in [1.807, 2.05) is 0 Å². The summed E-state index contributed by atoms with van der Waals surface area (Å²) >= 11 is 0. The summed E-state index contributed by atoms with van der Waals surface area (Å²) in [5.74, 6) is 0.112. The number of amides is 1. The van der Waals surface area contributed by atoms with Gasteiger partial charge in [0.25, 0.3) is 5.69 Å². The number of carbonyl (C=O) groups excluding carboxylic acids is 1. The third-order valence-corrected chi connectivity index (χ3v) is 4.93. The quantitative estimate of drug-likeness (QED) is 0.586. The Morgan fingerprint density at radius 2 is 1.54 bits per heavy atom. The van der Waals surface area contributed by atoms with Crippen LogP contribution in [0.1, 0.15) is 76.2 Å². The van der Waals surface area contributed by atoms with Crippen LogP contribution >= 0.6 is 0 Å². The summed E-state index contributed by atoms with van der Waals surface area (Å²) < 4.78 is 0. The summed E-state index contributed by atoms with van der Waals surface area (Å²) in [5.41, 5.74) is 1.85. The van der Waals surface area contributed by atoms with Crippen LogP contribution in [0.5, 0.6) is 0 Å². The van der Waals surface area contributed by atoms with Crippen LogP contribution in [0.4, 0.5) is 5.69 Å². The molecule has 1 aromatic rings. The fourth-order valence-electron chi connectivity index (χ4n) is 3.24. The molecular formula is C21H31N3O4. The van der Waals surface area contributed by atoms with Gasteiger partial charge in [0.2, 0.25) is 5.91 Å². The fraction of sp³-hybridized carbons (Fsp3) is 0.619. The van der Waals surface area contributed by atoms with E-state index in [9.17, 15) is 14.9 Å². The van der Waals surface area contributed by atoms with Crippen molar-refractivity contribution in [2.75, 3.05) is 6.54 Å². The molecule has 1 aromatic carbocycles. The van der Waals surface area contributed by atoms with Gasteiger partial charge in [-0.15, -0.1) is 0 Å². The van der Waals surface area contributed by atoms with Crippen molar-refractivity contribution in [3.05, 3.63) is 39.9 Å². The van der Waals surface area contributed by atoms with Gasteiger partial charge in [-0.2, -0.15) is 0 Å². The van der Waals surface area contributed by atoms with Crippen LogP contribution in [-0.4, -0.2) is 23.1 Å². The monoisotopic (exact) mass is 389 g/mol. The van der Waals surface area contributed by atoms with Gasteiger partial charge >= 0.3 is 0 Å². The Bertz CT molecular complexity index is 644. The minimum atomic E-state index is -0.420. The van der Waals surface area contributed by atoms with Gasteiger partial charge in [0.05, 0.1) is 10.6 Å². The zero-order valence-electron chi connectivity index (χ0n) is 16.5. The second-order valence-electron chi connectivity index (χ2n) is 7.28. The van der Waals surface area contributed by atoms with E-state index in [1.54, 1.807) is 12.1 Å². The Labute approximate surface area is 166 Å². The van der Waals surface area contributed by atoms with Crippen LogP contribution in [-0.2, 0) is 16.2 Å². The van der Waals surface area contributed by atoms with Gasteiger partial charge in [0.1, 0.15) is 6.61 Å². The number of hydrogen-bond donors (Lipinski definition) is 1. The summed E-state index contributed by atoms with van der Waals surface area (Å²) in [6.07, 6.45) is 11.5. The molecule has 7 heteroatoms. The van der Waals surface area contributed by atoms with Crippen molar-refractivity contribution < 1.29 is 14.6 Å². The van der Waals surface area contributed by atoms with E-state index in [0.29, 0.717) is 19.4 Å². The van der Waals surface area contributed by atoms with Gasteiger partial charge in [-0.3, -0.25) is 14.9 Å². The third kappa shape index (κ3) is 8.97. The standard InChI is InChI=1S/C21H31N3O4/c25-21-10-8-6-4-2-1-3-5-7-9-19(15-16-22-21)23-28-17-18-11-13-20(14-12-18)24(26)27/h11-14H,1-10,15-17H2,(H,22,25)/b23-19+. The van der Waals surface area contributed by atoms with Crippen LogP contribution in [0.3, 0.4) is 0 Å². The highest BCUT2D eigenvalue weighted by atomic mass is 16.6. The van der Waals surface area contributed by atoms with Crippen LogP contribution in [0.2, 0.25) is 0 Å². The number of carbonyl (C=O) groups is 1. The highest BCUT2D eigenvalue weighted by Crippen LogP contribution is 2.14. The number of nitro benzene ring substituents is 1. The molecule has 0 unspecified atom stereocenters. The summed E-state index contributed by atoms with van der Waals surface area (Å²) in [6.45, 7) is 0.854. The van der Waals surface area contributed by atoms with Gasteiger partial charge in [0.15, 0.2) is 0 Å². The van der Waals surface area contributed by atoms with Crippen molar-refractivity contribution in [1.82, 2.24) is 5.32 Å². The Morgan fingerprint density at radius 3 is 2.18 bits per heavy atom. The molecule has 1 saturated heterocycles. The topological polar surface area (TPSA) is 93.8 Å². The number of benzene rings is 1. The number of nitro groups is 1. The van der Waals surface area contributed by atoms with Crippen LogP contribution in [0.15, 0.2) is 29.4 Å². The minimum Gasteiger partial charge on any atom is -0.391 e. The highest BCUT2D eigenvalue weighted by molar-refractivity contribution is 5.84. The zero-order valence-corrected chi connectivity index (χ0v) is 16.5. The maximum absolute atomic E-state index is 11.9. The molecule has 7 nitrogen and oxygen atoms in total. The van der Waals surface area contributed by atoms with Crippen molar-refractivity contribution in [2.24, 2.45) is 5.16 Å². The van der Waals surface area contributed by atoms with Crippen LogP contribution < -0.4 is 5.32 Å². The lowest BCUT2D eigenvalue weighted by Gasteiger charge is -2.08. The average Bonchev–Trinajstić information content (AvgIpc) is 2.69. The molecule has 1 amide bonds. The van der Waals surface area contributed by atoms with Crippen molar-refractivity contribution >= 4 is 17.3 Å². The van der Waals surface area contributed by atoms with Gasteiger partial charge in [-0.05, 0) is 37.0 Å². The number of rotatable bonds is 4. The molecule has 0 aliphatic carbocycles. The molecule has 2 rings (SSSR count). The van der Waals surface area contributed by atoms with E-state index in [0.717, 1.165) is 37.0 Å². The maximum atomic E-state index is 11.9. The van der Waals surface area contributed by atoms with Gasteiger partial charge in [-0.1, -0.05) is 43.7 Å². The van der Waals surface area contributed by atoms with Crippen LogP contribution in [0.25, 0.3) is 0 Å². The Kier molecular flexibility index (Phi) is 10.0. The number of nitrogens with one attached hydrogen (secondary N) is 1. The van der Waals surface area contributed by atoms with Gasteiger partial charge in [0, 0.05) is 31.5 Å². The normalized spacial score (nSPS) is 19.3. The molecule has 0 bridgehead atoms. The average molecular weight is 389 g/mol. The Morgan fingerprint density at radius 1 is 0.929 bits per heavy atom. The maximum Gasteiger partial charge on any atom is 0.269 e. The van der Waals surface area contributed by atoms with E-state index in [2.05, 4.69) is 10.5 Å². The molecule has 1 N–H and O–H groups in total. The molecule has 0 saturated carbocycles. The van der Waals surface area contributed by atoms with E-state index >= 15 is 0 Å². The molecule has 0 aromatic heterocycles. The first kappa shape index (κ1) is 21.9. The molecule has 154 valence electrons. The summed E-state index contributed by atoms with van der Waals surface area (Å²) in [5, 5.41) is 17.9. The van der Waals surface area contributed by atoms with E-state index < -0.39 is 4.92 Å². The van der Waals surface area contributed by atoms with E-state index in [-0.39, 0.29) is 18.2 Å². The molecule has 1 heterocycles. The predicted molar refractivity (Wildman–Crippen MR) is 109 cm³/mol. The van der Waals surface area contributed by atoms with E-state index in [1.165, 1.54) is 44.2 Å². The van der Waals surface area contributed by atoms with Crippen molar-refractivity contribution in [2.45, 2.75) is 77.2 Å². The molecule has 1 fully saturated rings. The lowest BCUT2D eigenvalue weighted by molar-refractivity contribution is -0.384. The number of oxime groups is 1. The fourth-order valence-corrected chi connectivity index (χ4v) is 3.24. The SMILES string of the molecule is O=C1CCCCCCCCCC/C(=N\OCc2ccc([N+](=O)[O-])cc2)CCN1. The summed E-state index contributed by atoms with van der Waals surface area (Å²) in [4.78, 5) is 27.6. The first-order chi connectivity index (χ1) is 13.6. The van der Waals surface area contributed by atoms with Crippen molar-refractivity contribution in [1.29, 1.82) is 0 Å². The number of nitrogens with zero attached hydrogens (tertiary/aromatic N) is 2. The predicted octanol–water partition coefficient (Wildman–Crippen LogP) is 4.89. The smallest absolute Gasteiger partial charge is 0.269 e. The Hall–Kier alpha value is -2.44. The first-order valence-electron chi connectivity index (χ1n) is 10.3.